The Bertz CT molecular complexity index is 885. The Labute approximate surface area is 146 Å². The second kappa shape index (κ2) is 6.98. The first-order chi connectivity index (χ1) is 11.6. The van der Waals surface area contributed by atoms with E-state index in [4.69, 9.17) is 11.6 Å². The Morgan fingerprint density at radius 3 is 2.62 bits per heavy atom. The second-order valence-corrected chi connectivity index (χ2v) is 6.18. The highest BCUT2D eigenvalue weighted by molar-refractivity contribution is 7.99. The molecule has 0 unspecified atom stereocenters. The van der Waals surface area contributed by atoms with Crippen LogP contribution >= 0.6 is 23.4 Å². The standard InChI is InChI=1S/C15H12ClN5O2S/c1-2-20-14(10-5-7-17-8-6-10)18-19-15(20)24-13-4-3-11(21(22)23)9-12(13)16/h3-9H,2H2,1H3. The van der Waals surface area contributed by atoms with E-state index in [1.807, 2.05) is 23.6 Å². The summed E-state index contributed by atoms with van der Waals surface area (Å²) in [5, 5.41) is 20.2. The van der Waals surface area contributed by atoms with Crippen molar-refractivity contribution in [2.75, 3.05) is 0 Å². The number of nitrogens with zero attached hydrogens (tertiary/aromatic N) is 5. The van der Waals surface area contributed by atoms with Crippen LogP contribution in [0, 0.1) is 10.1 Å². The molecule has 0 amide bonds. The Morgan fingerprint density at radius 1 is 1.25 bits per heavy atom. The van der Waals surface area contributed by atoms with Crippen LogP contribution < -0.4 is 0 Å². The maximum Gasteiger partial charge on any atom is 0.270 e. The van der Waals surface area contributed by atoms with Gasteiger partial charge in [0, 0.05) is 41.5 Å². The fraction of sp³-hybridized carbons (Fsp3) is 0.133. The molecule has 3 rings (SSSR count). The molecule has 3 aromatic rings. The second-order valence-electron chi connectivity index (χ2n) is 4.76. The number of hydrogen-bond donors (Lipinski definition) is 0. The van der Waals surface area contributed by atoms with Crippen molar-refractivity contribution in [1.29, 1.82) is 0 Å². The highest BCUT2D eigenvalue weighted by Gasteiger charge is 2.16. The molecular formula is C15H12ClN5O2S. The predicted molar refractivity (Wildman–Crippen MR) is 91.2 cm³/mol. The summed E-state index contributed by atoms with van der Waals surface area (Å²) in [5.41, 5.74) is 0.875. The van der Waals surface area contributed by atoms with Crippen LogP contribution in [0.25, 0.3) is 11.4 Å². The summed E-state index contributed by atoms with van der Waals surface area (Å²) in [4.78, 5) is 15.0. The number of nitro groups is 1. The summed E-state index contributed by atoms with van der Waals surface area (Å²) in [6.45, 7) is 2.67. The van der Waals surface area contributed by atoms with E-state index in [1.54, 1.807) is 18.5 Å². The van der Waals surface area contributed by atoms with Crippen LogP contribution in [0.5, 0.6) is 0 Å². The molecule has 2 heterocycles. The van der Waals surface area contributed by atoms with Crippen molar-refractivity contribution in [2.24, 2.45) is 0 Å². The Balaban J connectivity index is 1.94. The summed E-state index contributed by atoms with van der Waals surface area (Å²) in [6.07, 6.45) is 3.40. The van der Waals surface area contributed by atoms with Crippen LogP contribution in [-0.4, -0.2) is 24.7 Å². The van der Waals surface area contributed by atoms with Gasteiger partial charge in [-0.05, 0) is 36.9 Å². The first-order valence-corrected chi connectivity index (χ1v) is 8.25. The topological polar surface area (TPSA) is 86.7 Å². The van der Waals surface area contributed by atoms with Crippen LogP contribution in [-0.2, 0) is 6.54 Å². The molecule has 24 heavy (non-hydrogen) atoms. The predicted octanol–water partition coefficient (Wildman–Crippen LogP) is 4.07. The molecule has 0 atom stereocenters. The van der Waals surface area contributed by atoms with E-state index in [9.17, 15) is 10.1 Å². The molecule has 0 N–H and O–H groups in total. The molecule has 122 valence electrons. The number of rotatable bonds is 5. The van der Waals surface area contributed by atoms with Crippen LogP contribution in [0.3, 0.4) is 0 Å². The summed E-state index contributed by atoms with van der Waals surface area (Å²) < 4.78 is 1.96. The molecule has 0 aliphatic heterocycles. The molecule has 2 aromatic heterocycles. The number of non-ortho nitro benzene ring substituents is 1. The van der Waals surface area contributed by atoms with E-state index in [2.05, 4.69) is 15.2 Å². The van der Waals surface area contributed by atoms with Gasteiger partial charge in [-0.15, -0.1) is 10.2 Å². The van der Waals surface area contributed by atoms with Gasteiger partial charge < -0.3 is 4.57 Å². The number of halogens is 1. The van der Waals surface area contributed by atoms with E-state index < -0.39 is 4.92 Å². The van der Waals surface area contributed by atoms with Gasteiger partial charge in [0.2, 0.25) is 0 Å². The first kappa shape index (κ1) is 16.4. The van der Waals surface area contributed by atoms with Crippen molar-refractivity contribution in [1.82, 2.24) is 19.7 Å². The summed E-state index contributed by atoms with van der Waals surface area (Å²) in [5.74, 6) is 0.737. The van der Waals surface area contributed by atoms with Crippen LogP contribution in [0.1, 0.15) is 6.92 Å². The lowest BCUT2D eigenvalue weighted by molar-refractivity contribution is -0.384. The van der Waals surface area contributed by atoms with Gasteiger partial charge in [-0.25, -0.2) is 0 Å². The van der Waals surface area contributed by atoms with Crippen molar-refractivity contribution in [2.45, 2.75) is 23.5 Å². The van der Waals surface area contributed by atoms with Crippen LogP contribution in [0.4, 0.5) is 5.69 Å². The fourth-order valence-corrected chi connectivity index (χ4v) is 3.34. The van der Waals surface area contributed by atoms with Gasteiger partial charge in [-0.3, -0.25) is 15.1 Å². The molecule has 9 heteroatoms. The van der Waals surface area contributed by atoms with Crippen molar-refractivity contribution >= 4 is 29.1 Å². The highest BCUT2D eigenvalue weighted by Crippen LogP contribution is 2.35. The van der Waals surface area contributed by atoms with Crippen molar-refractivity contribution in [3.63, 3.8) is 0 Å². The van der Waals surface area contributed by atoms with Gasteiger partial charge >= 0.3 is 0 Å². The highest BCUT2D eigenvalue weighted by atomic mass is 35.5. The van der Waals surface area contributed by atoms with Gasteiger partial charge in [0.1, 0.15) is 0 Å². The molecule has 0 bridgehead atoms. The first-order valence-electron chi connectivity index (χ1n) is 7.05. The molecule has 7 nitrogen and oxygen atoms in total. The molecular weight excluding hydrogens is 350 g/mol. The SMILES string of the molecule is CCn1c(Sc2ccc([N+](=O)[O-])cc2Cl)nnc1-c1ccncc1. The molecule has 1 aromatic carbocycles. The Morgan fingerprint density at radius 2 is 2.00 bits per heavy atom. The molecule has 0 spiro atoms. The lowest BCUT2D eigenvalue weighted by Crippen LogP contribution is -1.99. The lowest BCUT2D eigenvalue weighted by Gasteiger charge is -2.08. The lowest BCUT2D eigenvalue weighted by atomic mass is 10.2. The zero-order valence-electron chi connectivity index (χ0n) is 12.6. The van der Waals surface area contributed by atoms with Gasteiger partial charge in [0.25, 0.3) is 5.69 Å². The molecule has 0 saturated carbocycles. The third kappa shape index (κ3) is 3.24. The van der Waals surface area contributed by atoms with E-state index >= 15 is 0 Å². The average Bonchev–Trinajstić information content (AvgIpc) is 3.00. The average molecular weight is 362 g/mol. The number of benzene rings is 1. The fourth-order valence-electron chi connectivity index (χ4n) is 2.15. The van der Waals surface area contributed by atoms with Gasteiger partial charge in [0.05, 0.1) is 9.95 Å². The maximum atomic E-state index is 10.8. The van der Waals surface area contributed by atoms with Crippen LogP contribution in [0.15, 0.2) is 52.8 Å². The minimum absolute atomic E-state index is 0.0428. The van der Waals surface area contributed by atoms with Gasteiger partial charge in [0.15, 0.2) is 11.0 Å². The number of aromatic nitrogens is 4. The third-order valence-electron chi connectivity index (χ3n) is 3.30. The minimum Gasteiger partial charge on any atom is -0.302 e. The smallest absolute Gasteiger partial charge is 0.270 e. The van der Waals surface area contributed by atoms with Crippen molar-refractivity contribution < 1.29 is 4.92 Å². The molecule has 0 aliphatic carbocycles. The number of hydrogen-bond acceptors (Lipinski definition) is 6. The Kier molecular flexibility index (Phi) is 4.77. The van der Waals surface area contributed by atoms with Crippen LogP contribution in [0.2, 0.25) is 5.02 Å². The zero-order valence-corrected chi connectivity index (χ0v) is 14.2. The zero-order chi connectivity index (χ0) is 17.1. The van der Waals surface area contributed by atoms with E-state index in [0.717, 1.165) is 11.4 Å². The maximum absolute atomic E-state index is 10.8. The van der Waals surface area contributed by atoms with E-state index in [-0.39, 0.29) is 5.69 Å². The molecule has 0 radical (unpaired) electrons. The van der Waals surface area contributed by atoms with Gasteiger partial charge in [-0.1, -0.05) is 11.6 Å². The van der Waals surface area contributed by atoms with E-state index in [0.29, 0.717) is 21.6 Å². The largest absolute Gasteiger partial charge is 0.302 e. The Hall–Kier alpha value is -2.45. The molecule has 0 fully saturated rings. The number of pyridine rings is 1. The van der Waals surface area contributed by atoms with E-state index in [1.165, 1.54) is 23.9 Å². The number of nitro benzene ring substituents is 1. The summed E-state index contributed by atoms with van der Waals surface area (Å²) in [7, 11) is 0. The molecule has 0 saturated heterocycles. The van der Waals surface area contributed by atoms with Crippen molar-refractivity contribution in [3.05, 3.63) is 57.9 Å². The third-order valence-corrected chi connectivity index (χ3v) is 4.78. The summed E-state index contributed by atoms with van der Waals surface area (Å²) >= 11 is 7.47. The monoisotopic (exact) mass is 361 g/mol. The molecule has 0 aliphatic rings. The quantitative estimate of drug-likeness (QED) is 0.502. The normalized spacial score (nSPS) is 10.8. The summed E-state index contributed by atoms with van der Waals surface area (Å²) in [6, 6.07) is 8.10. The van der Waals surface area contributed by atoms with Gasteiger partial charge in [-0.2, -0.15) is 0 Å². The minimum atomic E-state index is -0.476. The van der Waals surface area contributed by atoms with Crippen molar-refractivity contribution in [3.8, 4) is 11.4 Å².